The Kier molecular flexibility index (Phi) is 5.72. The molecule has 152 valence electrons. The number of nitrogens with zero attached hydrogens (tertiary/aromatic N) is 2. The predicted molar refractivity (Wildman–Crippen MR) is 108 cm³/mol. The fourth-order valence-corrected chi connectivity index (χ4v) is 5.59. The van der Waals surface area contributed by atoms with Crippen molar-refractivity contribution in [2.75, 3.05) is 26.8 Å². The Labute approximate surface area is 168 Å². The lowest BCUT2D eigenvalue weighted by Crippen LogP contribution is -2.67. The molecule has 2 heterocycles. The van der Waals surface area contributed by atoms with Crippen LogP contribution in [-0.2, 0) is 14.3 Å². The minimum Gasteiger partial charge on any atom is -0.384 e. The van der Waals surface area contributed by atoms with Crippen molar-refractivity contribution in [2.24, 2.45) is 5.41 Å². The molecule has 2 saturated heterocycles. The van der Waals surface area contributed by atoms with E-state index < -0.39 is 0 Å². The summed E-state index contributed by atoms with van der Waals surface area (Å²) in [4.78, 5) is 29.8. The molecule has 3 fully saturated rings. The van der Waals surface area contributed by atoms with Crippen LogP contribution >= 0.6 is 0 Å². The van der Waals surface area contributed by atoms with Gasteiger partial charge in [-0.2, -0.15) is 0 Å². The number of hydrogen-bond donors (Lipinski definition) is 0. The smallest absolute Gasteiger partial charge is 0.232 e. The third-order valence-corrected chi connectivity index (χ3v) is 7.05. The number of hydrogen-bond acceptors (Lipinski definition) is 3. The molecule has 1 aromatic carbocycles. The van der Waals surface area contributed by atoms with Gasteiger partial charge >= 0.3 is 0 Å². The van der Waals surface area contributed by atoms with E-state index in [1.165, 1.54) is 12.0 Å². The summed E-state index contributed by atoms with van der Waals surface area (Å²) < 4.78 is 5.03. The zero-order valence-electron chi connectivity index (χ0n) is 16.9. The Bertz CT molecular complexity index is 691. The Morgan fingerprint density at radius 3 is 2.43 bits per heavy atom. The van der Waals surface area contributed by atoms with Crippen LogP contribution in [0.5, 0.6) is 0 Å². The minimum absolute atomic E-state index is 0.165. The van der Waals surface area contributed by atoms with Gasteiger partial charge in [0.1, 0.15) is 0 Å². The highest BCUT2D eigenvalue weighted by Gasteiger charge is 2.62. The van der Waals surface area contributed by atoms with Crippen LogP contribution in [0, 0.1) is 5.41 Å². The van der Waals surface area contributed by atoms with Gasteiger partial charge in [-0.25, -0.2) is 0 Å². The van der Waals surface area contributed by atoms with Crippen molar-refractivity contribution in [3.05, 3.63) is 35.9 Å². The molecule has 28 heavy (non-hydrogen) atoms. The molecule has 1 atom stereocenters. The monoisotopic (exact) mass is 384 g/mol. The maximum absolute atomic E-state index is 13.4. The molecule has 0 aromatic heterocycles. The molecule has 1 spiro atoms. The topological polar surface area (TPSA) is 49.9 Å². The molecule has 3 aliphatic rings. The molecule has 5 nitrogen and oxygen atoms in total. The predicted octanol–water partition coefficient (Wildman–Crippen LogP) is 3.55. The maximum atomic E-state index is 13.4. The molecular formula is C23H32N2O3. The molecule has 4 rings (SSSR count). The van der Waals surface area contributed by atoms with Crippen molar-refractivity contribution in [1.29, 1.82) is 0 Å². The summed E-state index contributed by atoms with van der Waals surface area (Å²) in [6.45, 7) is 1.96. The third kappa shape index (κ3) is 3.34. The molecule has 1 aliphatic carbocycles. The SMILES string of the molecule is COCCC(=O)N1CCC(N2C(=O)C3(CCCCC3)C2c2ccccc2)CC1. The molecule has 1 unspecified atom stereocenters. The van der Waals surface area contributed by atoms with Gasteiger partial charge in [0.15, 0.2) is 0 Å². The molecule has 2 aliphatic heterocycles. The number of rotatable bonds is 5. The fraction of sp³-hybridized carbons (Fsp3) is 0.652. The lowest BCUT2D eigenvalue weighted by Gasteiger charge is -2.61. The van der Waals surface area contributed by atoms with Crippen molar-refractivity contribution in [2.45, 2.75) is 63.5 Å². The van der Waals surface area contributed by atoms with E-state index in [0.29, 0.717) is 18.9 Å². The molecule has 2 amide bonds. The summed E-state index contributed by atoms with van der Waals surface area (Å²) in [5.41, 5.74) is 1.10. The van der Waals surface area contributed by atoms with E-state index in [4.69, 9.17) is 4.74 Å². The second kappa shape index (κ2) is 8.24. The number of piperidine rings is 1. The van der Waals surface area contributed by atoms with Gasteiger partial charge in [-0.05, 0) is 31.2 Å². The van der Waals surface area contributed by atoms with Gasteiger partial charge in [0, 0.05) is 26.2 Å². The highest BCUT2D eigenvalue weighted by molar-refractivity contribution is 5.91. The Morgan fingerprint density at radius 1 is 1.11 bits per heavy atom. The highest BCUT2D eigenvalue weighted by atomic mass is 16.5. The van der Waals surface area contributed by atoms with Gasteiger partial charge in [0.05, 0.1) is 24.5 Å². The third-order valence-electron chi connectivity index (χ3n) is 7.05. The number of likely N-dealkylation sites (tertiary alicyclic amines) is 2. The van der Waals surface area contributed by atoms with Gasteiger partial charge < -0.3 is 14.5 Å². The molecule has 0 N–H and O–H groups in total. The van der Waals surface area contributed by atoms with Crippen molar-refractivity contribution < 1.29 is 14.3 Å². The number of benzene rings is 1. The Hall–Kier alpha value is -1.88. The lowest BCUT2D eigenvalue weighted by molar-refractivity contribution is -0.186. The quantitative estimate of drug-likeness (QED) is 0.730. The molecule has 5 heteroatoms. The van der Waals surface area contributed by atoms with Gasteiger partial charge in [-0.3, -0.25) is 9.59 Å². The van der Waals surface area contributed by atoms with E-state index in [9.17, 15) is 9.59 Å². The average molecular weight is 385 g/mol. The fourth-order valence-electron chi connectivity index (χ4n) is 5.59. The first-order chi connectivity index (χ1) is 13.7. The van der Waals surface area contributed by atoms with E-state index in [1.807, 2.05) is 11.0 Å². The normalized spacial score (nSPS) is 25.0. The number of ether oxygens (including phenoxy) is 1. The summed E-state index contributed by atoms with van der Waals surface area (Å²) in [5, 5.41) is 0. The van der Waals surface area contributed by atoms with Crippen molar-refractivity contribution in [3.8, 4) is 0 Å². The largest absolute Gasteiger partial charge is 0.384 e. The number of carbonyl (C=O) groups excluding carboxylic acids is 2. The lowest BCUT2D eigenvalue weighted by atomic mass is 9.59. The Balaban J connectivity index is 1.48. The van der Waals surface area contributed by atoms with Crippen LogP contribution in [-0.4, -0.2) is 54.5 Å². The summed E-state index contributed by atoms with van der Waals surface area (Å²) in [6, 6.07) is 11.0. The second-order valence-corrected chi connectivity index (χ2v) is 8.60. The van der Waals surface area contributed by atoms with Gasteiger partial charge in [-0.1, -0.05) is 49.6 Å². The first-order valence-electron chi connectivity index (χ1n) is 10.8. The first kappa shape index (κ1) is 19.4. The number of amides is 2. The Morgan fingerprint density at radius 2 is 1.79 bits per heavy atom. The number of β-lactam (4-membered cyclic amide) rings is 1. The molecule has 1 saturated carbocycles. The van der Waals surface area contributed by atoms with Crippen LogP contribution in [0.25, 0.3) is 0 Å². The van der Waals surface area contributed by atoms with Gasteiger partial charge in [0.2, 0.25) is 11.8 Å². The summed E-state index contributed by atoms with van der Waals surface area (Å²) in [6.07, 6.45) is 7.82. The first-order valence-corrected chi connectivity index (χ1v) is 10.8. The van der Waals surface area contributed by atoms with Crippen LogP contribution in [0.4, 0.5) is 0 Å². The average Bonchev–Trinajstić information content (AvgIpc) is 2.76. The minimum atomic E-state index is -0.176. The summed E-state index contributed by atoms with van der Waals surface area (Å²) in [7, 11) is 1.62. The van der Waals surface area contributed by atoms with Crippen LogP contribution in [0.3, 0.4) is 0 Å². The highest BCUT2D eigenvalue weighted by Crippen LogP contribution is 2.59. The van der Waals surface area contributed by atoms with Crippen LogP contribution in [0.15, 0.2) is 30.3 Å². The standard InChI is InChI=1S/C23H32N2O3/c1-28-17-12-20(26)24-15-10-19(11-16-24)25-21(18-8-4-2-5-9-18)23(22(25)27)13-6-3-7-14-23/h2,4-5,8-9,19,21H,3,6-7,10-17H2,1H3. The number of carbonyl (C=O) groups is 2. The van der Waals surface area contributed by atoms with Crippen LogP contribution in [0.1, 0.15) is 63.0 Å². The van der Waals surface area contributed by atoms with E-state index in [0.717, 1.165) is 51.6 Å². The molecule has 0 bridgehead atoms. The van der Waals surface area contributed by atoms with Gasteiger partial charge in [0.25, 0.3) is 0 Å². The number of methoxy groups -OCH3 is 1. The van der Waals surface area contributed by atoms with Gasteiger partial charge in [-0.15, -0.1) is 0 Å². The zero-order valence-corrected chi connectivity index (χ0v) is 16.9. The van der Waals surface area contributed by atoms with E-state index in [2.05, 4.69) is 29.2 Å². The zero-order chi connectivity index (χ0) is 19.6. The van der Waals surface area contributed by atoms with Crippen molar-refractivity contribution >= 4 is 11.8 Å². The molecule has 1 aromatic rings. The second-order valence-electron chi connectivity index (χ2n) is 8.60. The maximum Gasteiger partial charge on any atom is 0.232 e. The van der Waals surface area contributed by atoms with E-state index in [1.54, 1.807) is 7.11 Å². The van der Waals surface area contributed by atoms with Crippen LogP contribution in [0.2, 0.25) is 0 Å². The van der Waals surface area contributed by atoms with Crippen LogP contribution < -0.4 is 0 Å². The summed E-state index contributed by atoms with van der Waals surface area (Å²) in [5.74, 6) is 0.531. The summed E-state index contributed by atoms with van der Waals surface area (Å²) >= 11 is 0. The van der Waals surface area contributed by atoms with E-state index >= 15 is 0 Å². The van der Waals surface area contributed by atoms with E-state index in [-0.39, 0.29) is 23.4 Å². The molecule has 0 radical (unpaired) electrons. The van der Waals surface area contributed by atoms with Crippen molar-refractivity contribution in [1.82, 2.24) is 9.80 Å². The van der Waals surface area contributed by atoms with Crippen molar-refractivity contribution in [3.63, 3.8) is 0 Å². The molecular weight excluding hydrogens is 352 g/mol.